The van der Waals surface area contributed by atoms with E-state index in [9.17, 15) is 9.18 Å². The largest absolute Gasteiger partial charge is 0.460 e. The molecule has 0 amide bonds. The Labute approximate surface area is 107 Å². The van der Waals surface area contributed by atoms with Gasteiger partial charge in [0.15, 0.2) is 0 Å². The van der Waals surface area contributed by atoms with E-state index in [2.05, 4.69) is 0 Å². The molecule has 1 unspecified atom stereocenters. The average molecular weight is 250 g/mol. The number of ether oxygens (including phenoxy) is 1. The van der Waals surface area contributed by atoms with Crippen LogP contribution in [0, 0.1) is 0 Å². The summed E-state index contributed by atoms with van der Waals surface area (Å²) in [4.78, 5) is 12.0. The molecule has 0 fully saturated rings. The predicted molar refractivity (Wildman–Crippen MR) is 68.0 cm³/mol. The van der Waals surface area contributed by atoms with Crippen LogP contribution in [-0.4, -0.2) is 12.1 Å². The third kappa shape index (κ3) is 2.26. The van der Waals surface area contributed by atoms with Gasteiger partial charge in [0.1, 0.15) is 0 Å². The van der Waals surface area contributed by atoms with Crippen molar-refractivity contribution in [3.8, 4) is 0 Å². The van der Waals surface area contributed by atoms with E-state index in [1.54, 1.807) is 12.1 Å². The second-order valence-corrected chi connectivity index (χ2v) is 4.96. The fourth-order valence-electron chi connectivity index (χ4n) is 2.52. The van der Waals surface area contributed by atoms with E-state index in [0.29, 0.717) is 12.0 Å². The molecule has 98 valence electrons. The zero-order valence-corrected chi connectivity index (χ0v) is 10.9. The maximum Gasteiger partial charge on any atom is 0.348 e. The fraction of sp³-hybridized carbons (Fsp3) is 0.533. The van der Waals surface area contributed by atoms with E-state index >= 15 is 0 Å². The van der Waals surface area contributed by atoms with E-state index < -0.39 is 11.6 Å². The monoisotopic (exact) mass is 250 g/mol. The molecule has 0 saturated carbocycles. The van der Waals surface area contributed by atoms with Gasteiger partial charge >= 0.3 is 5.97 Å². The van der Waals surface area contributed by atoms with Crippen LogP contribution in [0.1, 0.15) is 44.2 Å². The van der Waals surface area contributed by atoms with Crippen molar-refractivity contribution < 1.29 is 13.9 Å². The number of hydrogen-bond donors (Lipinski definition) is 0. The van der Waals surface area contributed by atoms with Gasteiger partial charge in [-0.3, -0.25) is 0 Å². The topological polar surface area (TPSA) is 26.3 Å². The lowest BCUT2D eigenvalue weighted by atomic mass is 9.98. The Bertz CT molecular complexity index is 444. The van der Waals surface area contributed by atoms with Gasteiger partial charge in [-0.05, 0) is 25.3 Å². The predicted octanol–water partition coefficient (Wildman–Crippen LogP) is 3.53. The number of esters is 1. The summed E-state index contributed by atoms with van der Waals surface area (Å²) in [6.45, 7) is 3.83. The number of fused-ring (bicyclic) bond motifs is 1. The van der Waals surface area contributed by atoms with E-state index in [0.717, 1.165) is 18.4 Å². The van der Waals surface area contributed by atoms with Crippen LogP contribution >= 0.6 is 0 Å². The van der Waals surface area contributed by atoms with Crippen molar-refractivity contribution >= 4 is 5.97 Å². The van der Waals surface area contributed by atoms with Gasteiger partial charge in [-0.1, -0.05) is 37.6 Å². The molecular weight excluding hydrogens is 231 g/mol. The molecule has 3 heteroatoms. The van der Waals surface area contributed by atoms with Crippen LogP contribution in [0.15, 0.2) is 24.3 Å². The Morgan fingerprint density at radius 1 is 1.50 bits per heavy atom. The summed E-state index contributed by atoms with van der Waals surface area (Å²) in [6, 6.07) is 7.20. The number of alkyl halides is 1. The summed E-state index contributed by atoms with van der Waals surface area (Å²) >= 11 is 0. The number of aryl methyl sites for hydroxylation is 1. The van der Waals surface area contributed by atoms with Crippen molar-refractivity contribution in [1.29, 1.82) is 0 Å². The molecular formula is C15H19FO2. The Morgan fingerprint density at radius 3 is 2.94 bits per heavy atom. The Hall–Kier alpha value is -1.38. The van der Waals surface area contributed by atoms with Gasteiger partial charge in [-0.2, -0.15) is 0 Å². The van der Waals surface area contributed by atoms with Crippen molar-refractivity contribution in [3.05, 3.63) is 35.4 Å². The van der Waals surface area contributed by atoms with Crippen LogP contribution < -0.4 is 0 Å². The van der Waals surface area contributed by atoms with Crippen molar-refractivity contribution in [2.24, 2.45) is 0 Å². The minimum absolute atomic E-state index is 0.198. The molecule has 2 rings (SSSR count). The first-order valence-electron chi connectivity index (χ1n) is 6.56. The number of benzene rings is 1. The molecule has 2 atom stereocenters. The Kier molecular flexibility index (Phi) is 3.69. The normalized spacial score (nSPS) is 23.5. The Morgan fingerprint density at radius 2 is 2.22 bits per heavy atom. The smallest absolute Gasteiger partial charge is 0.348 e. The second-order valence-electron chi connectivity index (χ2n) is 4.96. The van der Waals surface area contributed by atoms with Crippen LogP contribution in [0.5, 0.6) is 0 Å². The molecule has 1 aromatic carbocycles. The summed E-state index contributed by atoms with van der Waals surface area (Å²) in [5, 5.41) is 0. The van der Waals surface area contributed by atoms with Gasteiger partial charge in [-0.25, -0.2) is 9.18 Å². The zero-order chi connectivity index (χ0) is 13.2. The van der Waals surface area contributed by atoms with E-state index in [-0.39, 0.29) is 12.5 Å². The fourth-order valence-corrected chi connectivity index (χ4v) is 2.52. The lowest BCUT2D eigenvalue weighted by molar-refractivity contribution is -0.163. The summed E-state index contributed by atoms with van der Waals surface area (Å²) < 4.78 is 20.0. The quantitative estimate of drug-likeness (QED) is 0.764. The SMILES string of the molecule is CCC[C@@H](C)OC(=O)C1(F)CCc2ccccc21. The van der Waals surface area contributed by atoms with E-state index in [4.69, 9.17) is 4.74 Å². The first kappa shape index (κ1) is 13.1. The number of halogens is 1. The molecule has 1 aliphatic carbocycles. The highest BCUT2D eigenvalue weighted by Gasteiger charge is 2.47. The number of carbonyl (C=O) groups excluding carboxylic acids is 1. The molecule has 2 nitrogen and oxygen atoms in total. The van der Waals surface area contributed by atoms with Crippen LogP contribution in [0.3, 0.4) is 0 Å². The molecule has 0 radical (unpaired) electrons. The molecule has 0 N–H and O–H groups in total. The number of hydrogen-bond acceptors (Lipinski definition) is 2. The third-order valence-corrected chi connectivity index (χ3v) is 3.51. The summed E-state index contributed by atoms with van der Waals surface area (Å²) in [6.07, 6.45) is 2.27. The first-order chi connectivity index (χ1) is 8.58. The van der Waals surface area contributed by atoms with Crippen molar-refractivity contribution in [3.63, 3.8) is 0 Å². The lowest BCUT2D eigenvalue weighted by Gasteiger charge is -2.22. The van der Waals surface area contributed by atoms with Crippen molar-refractivity contribution in [2.75, 3.05) is 0 Å². The van der Waals surface area contributed by atoms with Crippen molar-refractivity contribution in [1.82, 2.24) is 0 Å². The molecule has 1 aromatic rings. The minimum atomic E-state index is -1.95. The van der Waals surface area contributed by atoms with Gasteiger partial charge in [0, 0.05) is 12.0 Å². The molecule has 1 aliphatic rings. The van der Waals surface area contributed by atoms with Gasteiger partial charge in [0.25, 0.3) is 0 Å². The first-order valence-corrected chi connectivity index (χ1v) is 6.56. The summed E-state index contributed by atoms with van der Waals surface area (Å²) in [7, 11) is 0. The molecule has 0 bridgehead atoms. The maximum absolute atomic E-state index is 14.8. The van der Waals surface area contributed by atoms with Crippen LogP contribution in [-0.2, 0) is 21.6 Å². The van der Waals surface area contributed by atoms with Crippen LogP contribution in [0.2, 0.25) is 0 Å². The third-order valence-electron chi connectivity index (χ3n) is 3.51. The Balaban J connectivity index is 2.16. The molecule has 0 heterocycles. The van der Waals surface area contributed by atoms with Crippen molar-refractivity contribution in [2.45, 2.75) is 51.3 Å². The maximum atomic E-state index is 14.8. The molecule has 0 aromatic heterocycles. The number of carbonyl (C=O) groups is 1. The van der Waals surface area contributed by atoms with E-state index in [1.165, 1.54) is 0 Å². The van der Waals surface area contributed by atoms with Gasteiger partial charge in [-0.15, -0.1) is 0 Å². The summed E-state index contributed by atoms with van der Waals surface area (Å²) in [5.41, 5.74) is -0.544. The van der Waals surface area contributed by atoms with Gasteiger partial charge in [0.05, 0.1) is 6.10 Å². The highest BCUT2D eigenvalue weighted by molar-refractivity contribution is 5.83. The average Bonchev–Trinajstić information content (AvgIpc) is 2.69. The number of rotatable bonds is 4. The second kappa shape index (κ2) is 5.09. The molecule has 18 heavy (non-hydrogen) atoms. The minimum Gasteiger partial charge on any atom is -0.460 e. The molecule has 0 saturated heterocycles. The summed E-state index contributed by atoms with van der Waals surface area (Å²) in [5.74, 6) is -0.728. The van der Waals surface area contributed by atoms with E-state index in [1.807, 2.05) is 26.0 Å². The van der Waals surface area contributed by atoms with Gasteiger partial charge in [0.2, 0.25) is 5.67 Å². The van der Waals surface area contributed by atoms with Gasteiger partial charge < -0.3 is 4.74 Å². The molecule has 0 aliphatic heterocycles. The highest BCUT2D eigenvalue weighted by Crippen LogP contribution is 2.41. The highest BCUT2D eigenvalue weighted by atomic mass is 19.1. The zero-order valence-electron chi connectivity index (χ0n) is 10.9. The molecule has 0 spiro atoms. The standard InChI is InChI=1S/C15H19FO2/c1-3-6-11(2)18-14(17)15(16)10-9-12-7-4-5-8-13(12)15/h4-5,7-8,11H,3,6,9-10H2,1-2H3/t11-,15?/m1/s1. The lowest BCUT2D eigenvalue weighted by Crippen LogP contribution is -2.33. The van der Waals surface area contributed by atoms with Crippen LogP contribution in [0.4, 0.5) is 4.39 Å². The van der Waals surface area contributed by atoms with Crippen LogP contribution in [0.25, 0.3) is 0 Å².